The molecule has 0 radical (unpaired) electrons. The summed E-state index contributed by atoms with van der Waals surface area (Å²) in [7, 11) is 0. The van der Waals surface area contributed by atoms with E-state index in [1.54, 1.807) is 6.92 Å². The highest BCUT2D eigenvalue weighted by Crippen LogP contribution is 2.43. The Bertz CT molecular complexity index is 1790. The molecule has 6 rings (SSSR count). The van der Waals surface area contributed by atoms with E-state index in [1.165, 1.54) is 18.2 Å². The van der Waals surface area contributed by atoms with E-state index in [1.807, 2.05) is 36.4 Å². The van der Waals surface area contributed by atoms with Gasteiger partial charge in [0.15, 0.2) is 5.43 Å². The molecule has 0 bridgehead atoms. The highest BCUT2D eigenvalue weighted by atomic mass is 16.5. The third-order valence-corrected chi connectivity index (χ3v) is 7.40. The summed E-state index contributed by atoms with van der Waals surface area (Å²) in [5, 5.41) is 54.5. The Kier molecular flexibility index (Phi) is 5.75. The zero-order chi connectivity index (χ0) is 27.5. The van der Waals surface area contributed by atoms with Crippen molar-refractivity contribution in [3.63, 3.8) is 0 Å². The number of aliphatic hydroxyl groups excluding tert-OH is 2. The molecule has 5 aromatic rings. The van der Waals surface area contributed by atoms with Crippen molar-refractivity contribution in [3.05, 3.63) is 105 Å². The first kappa shape index (κ1) is 24.8. The van der Waals surface area contributed by atoms with Crippen molar-refractivity contribution in [2.24, 2.45) is 0 Å². The number of phenolic OH excluding ortho intramolecular Hbond substituents is 3. The SMILES string of the molecule is C[C@@]1(Cc2ccc3ccccc3c2)Oc2cc3oc([C@H](O)c4cc(O)cc(O)c4)cc(=O)c3c(O)c2C[C@H]1O. The minimum atomic E-state index is -1.47. The highest BCUT2D eigenvalue weighted by molar-refractivity contribution is 5.87. The van der Waals surface area contributed by atoms with Crippen molar-refractivity contribution < 1.29 is 34.7 Å². The number of aromatic hydroxyl groups is 3. The van der Waals surface area contributed by atoms with Crippen LogP contribution in [0, 0.1) is 0 Å². The van der Waals surface area contributed by atoms with Crippen LogP contribution >= 0.6 is 0 Å². The largest absolute Gasteiger partial charge is 0.508 e. The fourth-order valence-electron chi connectivity index (χ4n) is 5.34. The van der Waals surface area contributed by atoms with E-state index in [2.05, 4.69) is 6.07 Å². The molecule has 39 heavy (non-hydrogen) atoms. The van der Waals surface area contributed by atoms with Crippen LogP contribution in [0.3, 0.4) is 0 Å². The molecule has 0 fully saturated rings. The third-order valence-electron chi connectivity index (χ3n) is 7.40. The Morgan fingerprint density at radius 3 is 2.41 bits per heavy atom. The lowest BCUT2D eigenvalue weighted by Crippen LogP contribution is -2.50. The summed E-state index contributed by atoms with van der Waals surface area (Å²) in [4.78, 5) is 13.0. The van der Waals surface area contributed by atoms with Crippen molar-refractivity contribution >= 4 is 21.7 Å². The van der Waals surface area contributed by atoms with E-state index in [9.17, 15) is 30.3 Å². The number of benzene rings is 4. The van der Waals surface area contributed by atoms with Gasteiger partial charge < -0.3 is 34.7 Å². The van der Waals surface area contributed by atoms with Crippen LogP contribution in [-0.2, 0) is 12.8 Å². The van der Waals surface area contributed by atoms with Gasteiger partial charge in [-0.15, -0.1) is 0 Å². The second-order valence-corrected chi connectivity index (χ2v) is 10.3. The second kappa shape index (κ2) is 9.04. The van der Waals surface area contributed by atoms with E-state index in [0.717, 1.165) is 28.5 Å². The maximum atomic E-state index is 13.0. The Hall–Kier alpha value is -4.53. The van der Waals surface area contributed by atoms with Gasteiger partial charge in [0.05, 0.1) is 6.10 Å². The van der Waals surface area contributed by atoms with Gasteiger partial charge in [0.2, 0.25) is 0 Å². The lowest BCUT2D eigenvalue weighted by molar-refractivity contribution is -0.0541. The van der Waals surface area contributed by atoms with Crippen LogP contribution in [0.15, 0.2) is 82.0 Å². The van der Waals surface area contributed by atoms with Gasteiger partial charge in [-0.2, -0.15) is 0 Å². The lowest BCUT2D eigenvalue weighted by atomic mass is 9.83. The molecule has 4 aromatic carbocycles. The Labute approximate surface area is 222 Å². The number of fused-ring (bicyclic) bond motifs is 3. The molecule has 198 valence electrons. The molecule has 2 heterocycles. The highest BCUT2D eigenvalue weighted by Gasteiger charge is 2.42. The van der Waals surface area contributed by atoms with E-state index < -0.39 is 23.2 Å². The van der Waals surface area contributed by atoms with Crippen LogP contribution in [0.25, 0.3) is 21.7 Å². The summed E-state index contributed by atoms with van der Waals surface area (Å²) in [6.45, 7) is 1.79. The third kappa shape index (κ3) is 4.33. The number of rotatable bonds is 4. The number of hydrogen-bond donors (Lipinski definition) is 5. The summed E-state index contributed by atoms with van der Waals surface area (Å²) < 4.78 is 12.1. The number of hydrogen-bond acceptors (Lipinski definition) is 8. The Morgan fingerprint density at radius 2 is 1.67 bits per heavy atom. The van der Waals surface area contributed by atoms with Gasteiger partial charge in [0, 0.05) is 36.6 Å². The quantitative estimate of drug-likeness (QED) is 0.232. The smallest absolute Gasteiger partial charge is 0.196 e. The van der Waals surface area contributed by atoms with Gasteiger partial charge in [0.1, 0.15) is 51.4 Å². The Balaban J connectivity index is 1.39. The molecule has 5 N–H and O–H groups in total. The van der Waals surface area contributed by atoms with Crippen molar-refractivity contribution in [1.82, 2.24) is 0 Å². The normalized spacial score (nSPS) is 19.5. The van der Waals surface area contributed by atoms with Crippen molar-refractivity contribution in [2.45, 2.75) is 37.6 Å². The molecule has 1 aliphatic rings. The van der Waals surface area contributed by atoms with Gasteiger partial charge in [0.25, 0.3) is 0 Å². The molecular formula is C31H26O8. The molecule has 0 unspecified atom stereocenters. The van der Waals surface area contributed by atoms with Crippen molar-refractivity contribution in [3.8, 4) is 23.0 Å². The van der Waals surface area contributed by atoms with E-state index in [-0.39, 0.29) is 51.7 Å². The number of aliphatic hydroxyl groups is 2. The average Bonchev–Trinajstić information content (AvgIpc) is 2.88. The summed E-state index contributed by atoms with van der Waals surface area (Å²) in [5.74, 6) is -0.766. The van der Waals surface area contributed by atoms with Crippen LogP contribution in [-0.4, -0.2) is 37.2 Å². The molecule has 0 amide bonds. The van der Waals surface area contributed by atoms with Crippen LogP contribution in [0.5, 0.6) is 23.0 Å². The van der Waals surface area contributed by atoms with E-state index >= 15 is 0 Å². The van der Waals surface area contributed by atoms with Crippen molar-refractivity contribution in [2.75, 3.05) is 0 Å². The second-order valence-electron chi connectivity index (χ2n) is 10.3. The monoisotopic (exact) mass is 526 g/mol. The van der Waals surface area contributed by atoms with Gasteiger partial charge in [-0.3, -0.25) is 4.79 Å². The zero-order valence-corrected chi connectivity index (χ0v) is 21.0. The van der Waals surface area contributed by atoms with Crippen LogP contribution in [0.2, 0.25) is 0 Å². The maximum Gasteiger partial charge on any atom is 0.196 e. The molecule has 3 atom stereocenters. The lowest BCUT2D eigenvalue weighted by Gasteiger charge is -2.40. The standard InChI is InChI=1S/C31H26O8/c1-31(15-16-6-7-17-4-2-3-5-18(17)8-16)27(35)12-22-24(39-31)14-25-28(30(22)37)23(34)13-26(38-25)29(36)19-9-20(32)11-21(33)10-19/h2-11,13-14,27,29,32-33,35-37H,12,15H2,1H3/t27-,29-,31+/m1/s1. The first-order chi connectivity index (χ1) is 18.6. The molecule has 0 saturated heterocycles. The fraction of sp³-hybridized carbons (Fsp3) is 0.194. The number of phenols is 3. The molecule has 8 heteroatoms. The minimum absolute atomic E-state index is 0.0124. The molecule has 1 aliphatic heterocycles. The summed E-state index contributed by atoms with van der Waals surface area (Å²) in [5.41, 5.74) is -0.277. The molecule has 0 aliphatic carbocycles. The zero-order valence-electron chi connectivity index (χ0n) is 21.0. The topological polar surface area (TPSA) is 141 Å². The van der Waals surface area contributed by atoms with Crippen LogP contribution < -0.4 is 10.2 Å². The maximum absolute atomic E-state index is 13.0. The average molecular weight is 527 g/mol. The fourth-order valence-corrected chi connectivity index (χ4v) is 5.34. The first-order valence-electron chi connectivity index (χ1n) is 12.5. The summed E-state index contributed by atoms with van der Waals surface area (Å²) >= 11 is 0. The molecule has 0 spiro atoms. The predicted molar refractivity (Wildman–Crippen MR) is 144 cm³/mol. The van der Waals surface area contributed by atoms with Crippen LogP contribution in [0.1, 0.15) is 35.5 Å². The molecule has 0 saturated carbocycles. The molecular weight excluding hydrogens is 500 g/mol. The van der Waals surface area contributed by atoms with E-state index in [4.69, 9.17) is 9.15 Å². The minimum Gasteiger partial charge on any atom is -0.508 e. The van der Waals surface area contributed by atoms with Gasteiger partial charge in [-0.25, -0.2) is 0 Å². The van der Waals surface area contributed by atoms with Gasteiger partial charge >= 0.3 is 0 Å². The van der Waals surface area contributed by atoms with Gasteiger partial charge in [-0.05, 0) is 41.0 Å². The van der Waals surface area contributed by atoms with Gasteiger partial charge in [-0.1, -0.05) is 42.5 Å². The molecule has 8 nitrogen and oxygen atoms in total. The summed E-state index contributed by atoms with van der Waals surface area (Å²) in [6.07, 6.45) is -1.99. The first-order valence-corrected chi connectivity index (χ1v) is 12.5. The van der Waals surface area contributed by atoms with E-state index in [0.29, 0.717) is 12.0 Å². The Morgan fingerprint density at radius 1 is 0.949 bits per heavy atom. The number of ether oxygens (including phenoxy) is 1. The summed E-state index contributed by atoms with van der Waals surface area (Å²) in [6, 6.07) is 20.2. The predicted octanol–water partition coefficient (Wildman–Crippen LogP) is 4.44. The molecule has 1 aromatic heterocycles. The van der Waals surface area contributed by atoms with Crippen molar-refractivity contribution in [1.29, 1.82) is 0 Å². The van der Waals surface area contributed by atoms with Crippen LogP contribution in [0.4, 0.5) is 0 Å².